The third-order valence-electron chi connectivity index (χ3n) is 4.36. The van der Waals surface area contributed by atoms with E-state index in [2.05, 4.69) is 43.5 Å². The van der Waals surface area contributed by atoms with Crippen molar-refractivity contribution in [2.24, 2.45) is 0 Å². The lowest BCUT2D eigenvalue weighted by Crippen LogP contribution is -2.34. The minimum absolute atomic E-state index is 0.0815. The molecule has 0 bridgehead atoms. The van der Waals surface area contributed by atoms with Crippen LogP contribution in [0.2, 0.25) is 0 Å². The van der Waals surface area contributed by atoms with Gasteiger partial charge in [-0.05, 0) is 29.0 Å². The van der Waals surface area contributed by atoms with Crippen LogP contribution in [0.4, 0.5) is 0 Å². The van der Waals surface area contributed by atoms with Gasteiger partial charge in [-0.2, -0.15) is 4.98 Å². The quantitative estimate of drug-likeness (QED) is 0.435. The van der Waals surface area contributed by atoms with Crippen LogP contribution < -0.4 is 10.6 Å². The molecule has 0 aliphatic heterocycles. The predicted octanol–water partition coefficient (Wildman–Crippen LogP) is 2.49. The molecule has 0 aliphatic carbocycles. The van der Waals surface area contributed by atoms with Crippen LogP contribution in [0.1, 0.15) is 26.2 Å². The number of thiophene rings is 1. The minimum Gasteiger partial charge on any atom is -0.350 e. The Balaban J connectivity index is 1.24. The van der Waals surface area contributed by atoms with Gasteiger partial charge in [-0.25, -0.2) is 0 Å². The van der Waals surface area contributed by atoms with Crippen LogP contribution in [0, 0.1) is 0 Å². The Morgan fingerprint density at radius 3 is 2.69 bits per heavy atom. The second-order valence-corrected chi connectivity index (χ2v) is 7.27. The van der Waals surface area contributed by atoms with Crippen molar-refractivity contribution in [3.05, 3.63) is 70.6 Å². The molecule has 0 atom stereocenters. The standard InChI is InChI=1S/C20H19N5O3S/c26-18(16-6-3-13-29-16)21-9-10-22-19(27)20-23-17(24-28-20)8-12-25-11-7-14-4-1-2-5-15(14)25/h1-7,11,13H,8-10,12H2,(H,21,26)(H,22,27). The number of fused-ring (bicyclic) bond motifs is 1. The van der Waals surface area contributed by atoms with Gasteiger partial charge in [0.05, 0.1) is 4.88 Å². The summed E-state index contributed by atoms with van der Waals surface area (Å²) < 4.78 is 7.17. The number of carbonyl (C=O) groups is 2. The maximum absolute atomic E-state index is 12.1. The SMILES string of the molecule is O=C(NCCNC(=O)c1cccs1)c1nc(CCn2ccc3ccccc32)no1. The summed E-state index contributed by atoms with van der Waals surface area (Å²) in [4.78, 5) is 28.7. The smallest absolute Gasteiger partial charge is 0.315 e. The molecule has 2 amide bonds. The Labute approximate surface area is 170 Å². The lowest BCUT2D eigenvalue weighted by atomic mass is 10.2. The van der Waals surface area contributed by atoms with Gasteiger partial charge in [-0.1, -0.05) is 29.4 Å². The Morgan fingerprint density at radius 1 is 1.03 bits per heavy atom. The van der Waals surface area contributed by atoms with E-state index >= 15 is 0 Å². The number of benzene rings is 1. The molecule has 3 aromatic heterocycles. The summed E-state index contributed by atoms with van der Waals surface area (Å²) in [6.07, 6.45) is 2.56. The highest BCUT2D eigenvalue weighted by Crippen LogP contribution is 2.15. The topological polar surface area (TPSA) is 102 Å². The molecule has 2 N–H and O–H groups in total. The van der Waals surface area contributed by atoms with Crippen LogP contribution in [0.3, 0.4) is 0 Å². The molecule has 9 heteroatoms. The molecule has 0 aliphatic rings. The number of hydrogen-bond donors (Lipinski definition) is 2. The molecule has 4 aromatic rings. The van der Waals surface area contributed by atoms with Gasteiger partial charge in [0.1, 0.15) is 0 Å². The maximum atomic E-state index is 12.1. The average molecular weight is 409 g/mol. The zero-order valence-corrected chi connectivity index (χ0v) is 16.3. The van der Waals surface area contributed by atoms with E-state index in [9.17, 15) is 9.59 Å². The van der Waals surface area contributed by atoms with Gasteiger partial charge in [0.25, 0.3) is 5.91 Å². The fraction of sp³-hybridized carbons (Fsp3) is 0.200. The van der Waals surface area contributed by atoms with Crippen LogP contribution in [-0.4, -0.2) is 39.6 Å². The molecule has 0 fully saturated rings. The Kier molecular flexibility index (Phi) is 5.66. The van der Waals surface area contributed by atoms with Crippen molar-refractivity contribution in [1.82, 2.24) is 25.3 Å². The monoisotopic (exact) mass is 409 g/mol. The van der Waals surface area contributed by atoms with Crippen molar-refractivity contribution in [3.8, 4) is 0 Å². The van der Waals surface area contributed by atoms with E-state index in [1.54, 1.807) is 6.07 Å². The third-order valence-corrected chi connectivity index (χ3v) is 5.23. The van der Waals surface area contributed by atoms with Crippen molar-refractivity contribution in [3.63, 3.8) is 0 Å². The van der Waals surface area contributed by atoms with Crippen molar-refractivity contribution >= 4 is 34.1 Å². The van der Waals surface area contributed by atoms with Crippen molar-refractivity contribution in [1.29, 1.82) is 0 Å². The number of nitrogens with one attached hydrogen (secondary N) is 2. The Morgan fingerprint density at radius 2 is 1.86 bits per heavy atom. The summed E-state index contributed by atoms with van der Waals surface area (Å²) in [6, 6.07) is 13.7. The first-order valence-corrected chi connectivity index (χ1v) is 10.0. The summed E-state index contributed by atoms with van der Waals surface area (Å²) in [7, 11) is 0. The number of rotatable bonds is 8. The fourth-order valence-corrected chi connectivity index (χ4v) is 3.57. The van der Waals surface area contributed by atoms with Gasteiger partial charge >= 0.3 is 11.8 Å². The van der Waals surface area contributed by atoms with Crippen LogP contribution >= 0.6 is 11.3 Å². The first-order valence-electron chi connectivity index (χ1n) is 9.17. The summed E-state index contributed by atoms with van der Waals surface area (Å²) in [5, 5.41) is 12.3. The maximum Gasteiger partial charge on any atom is 0.315 e. The molecule has 0 saturated carbocycles. The van der Waals surface area contributed by atoms with Gasteiger partial charge in [-0.15, -0.1) is 11.3 Å². The molecule has 148 valence electrons. The van der Waals surface area contributed by atoms with Gasteiger partial charge < -0.3 is 19.7 Å². The number of amides is 2. The van der Waals surface area contributed by atoms with Crippen LogP contribution in [0.5, 0.6) is 0 Å². The van der Waals surface area contributed by atoms with E-state index in [-0.39, 0.29) is 18.3 Å². The highest BCUT2D eigenvalue weighted by Gasteiger charge is 2.15. The molecule has 0 radical (unpaired) electrons. The highest BCUT2D eigenvalue weighted by atomic mass is 32.1. The van der Waals surface area contributed by atoms with E-state index in [1.165, 1.54) is 16.7 Å². The van der Waals surface area contributed by atoms with Crippen molar-refractivity contribution in [2.75, 3.05) is 13.1 Å². The molecular weight excluding hydrogens is 390 g/mol. The van der Waals surface area contributed by atoms with Crippen LogP contribution in [0.15, 0.2) is 58.6 Å². The summed E-state index contributed by atoms with van der Waals surface area (Å²) in [5.41, 5.74) is 1.14. The predicted molar refractivity (Wildman–Crippen MR) is 109 cm³/mol. The van der Waals surface area contributed by atoms with E-state index < -0.39 is 5.91 Å². The first kappa shape index (κ1) is 18.9. The molecule has 8 nitrogen and oxygen atoms in total. The molecular formula is C20H19N5O3S. The Hall–Kier alpha value is -3.46. The zero-order chi connectivity index (χ0) is 20.1. The number of hydrogen-bond acceptors (Lipinski definition) is 6. The van der Waals surface area contributed by atoms with E-state index in [1.807, 2.05) is 29.8 Å². The molecule has 0 unspecified atom stereocenters. The van der Waals surface area contributed by atoms with Crippen molar-refractivity contribution in [2.45, 2.75) is 13.0 Å². The molecule has 29 heavy (non-hydrogen) atoms. The Bertz CT molecular complexity index is 1120. The van der Waals surface area contributed by atoms with E-state index in [0.717, 1.165) is 5.52 Å². The molecule has 0 saturated heterocycles. The van der Waals surface area contributed by atoms with Crippen LogP contribution in [0.25, 0.3) is 10.9 Å². The number of aromatic nitrogens is 3. The number of aryl methyl sites for hydroxylation is 2. The molecule has 1 aromatic carbocycles. The molecule has 3 heterocycles. The number of para-hydroxylation sites is 1. The zero-order valence-electron chi connectivity index (χ0n) is 15.5. The fourth-order valence-electron chi connectivity index (χ4n) is 2.93. The normalized spacial score (nSPS) is 10.9. The lowest BCUT2D eigenvalue weighted by molar-refractivity contribution is 0.0899. The second-order valence-electron chi connectivity index (χ2n) is 6.32. The van der Waals surface area contributed by atoms with E-state index in [0.29, 0.717) is 30.2 Å². The highest BCUT2D eigenvalue weighted by molar-refractivity contribution is 7.12. The molecule has 0 spiro atoms. The summed E-state index contributed by atoms with van der Waals surface area (Å²) in [6.45, 7) is 1.26. The lowest BCUT2D eigenvalue weighted by Gasteiger charge is -2.04. The van der Waals surface area contributed by atoms with Gasteiger partial charge in [0, 0.05) is 37.8 Å². The number of carbonyl (C=O) groups excluding carboxylic acids is 2. The summed E-state index contributed by atoms with van der Waals surface area (Å²) in [5.74, 6) is -0.228. The second kappa shape index (κ2) is 8.70. The minimum atomic E-state index is -0.458. The third kappa shape index (κ3) is 4.52. The van der Waals surface area contributed by atoms with Crippen molar-refractivity contribution < 1.29 is 14.1 Å². The van der Waals surface area contributed by atoms with Crippen LogP contribution in [-0.2, 0) is 13.0 Å². The summed E-state index contributed by atoms with van der Waals surface area (Å²) >= 11 is 1.36. The molecule has 4 rings (SSSR count). The average Bonchev–Trinajstić information content (AvgIpc) is 3.50. The first-order chi connectivity index (χ1) is 14.2. The van der Waals surface area contributed by atoms with Gasteiger partial charge in [0.2, 0.25) is 0 Å². The van der Waals surface area contributed by atoms with Gasteiger partial charge in [-0.3, -0.25) is 9.59 Å². The largest absolute Gasteiger partial charge is 0.350 e. The number of nitrogens with zero attached hydrogens (tertiary/aromatic N) is 3. The van der Waals surface area contributed by atoms with Gasteiger partial charge in [0.15, 0.2) is 5.82 Å². The van der Waals surface area contributed by atoms with E-state index in [4.69, 9.17) is 4.52 Å².